The van der Waals surface area contributed by atoms with Crippen molar-refractivity contribution in [3.05, 3.63) is 209 Å². The van der Waals surface area contributed by atoms with Crippen molar-refractivity contribution in [1.82, 2.24) is 10.0 Å². The van der Waals surface area contributed by atoms with E-state index < -0.39 is 33.5 Å². The summed E-state index contributed by atoms with van der Waals surface area (Å²) in [5.74, 6) is -1.12. The number of rotatable bonds is 15. The normalized spacial score (nSPS) is 13.3. The molecule has 51 heavy (non-hydrogen) atoms. The van der Waals surface area contributed by atoms with Gasteiger partial charge in [-0.1, -0.05) is 169 Å². The molecule has 0 saturated carbocycles. The van der Waals surface area contributed by atoms with Gasteiger partial charge in [-0.25, -0.2) is 13.1 Å². The molecule has 0 amide bonds. The number of carbonyl (C=O) groups excluding carboxylic acids is 1. The molecule has 6 nitrogen and oxygen atoms in total. The van der Waals surface area contributed by atoms with Crippen molar-refractivity contribution >= 4 is 16.0 Å². The summed E-state index contributed by atoms with van der Waals surface area (Å²) in [6.07, 6.45) is 0.339. The van der Waals surface area contributed by atoms with Crippen molar-refractivity contribution in [2.24, 2.45) is 0 Å². The van der Waals surface area contributed by atoms with Crippen LogP contribution in [0.15, 0.2) is 181 Å². The number of carbonyl (C=O) groups is 1. The highest BCUT2D eigenvalue weighted by atomic mass is 32.2. The molecule has 0 spiro atoms. The van der Waals surface area contributed by atoms with E-state index in [9.17, 15) is 13.2 Å². The molecule has 0 aliphatic heterocycles. The van der Waals surface area contributed by atoms with Gasteiger partial charge in [0, 0.05) is 6.54 Å². The second-order valence-corrected chi connectivity index (χ2v) is 14.5. The van der Waals surface area contributed by atoms with E-state index in [4.69, 9.17) is 4.74 Å². The van der Waals surface area contributed by atoms with Gasteiger partial charge < -0.3 is 10.1 Å². The molecule has 2 N–H and O–H groups in total. The van der Waals surface area contributed by atoms with Crippen LogP contribution in [-0.2, 0) is 32.5 Å². The Morgan fingerprint density at radius 2 is 1.06 bits per heavy atom. The van der Waals surface area contributed by atoms with E-state index in [2.05, 4.69) is 10.0 Å². The predicted molar refractivity (Wildman–Crippen MR) is 203 cm³/mol. The average molecular weight is 695 g/mol. The van der Waals surface area contributed by atoms with Gasteiger partial charge >= 0.3 is 5.97 Å². The molecule has 0 saturated heterocycles. The number of sulfonamides is 1. The first-order chi connectivity index (χ1) is 24.8. The third kappa shape index (κ3) is 9.07. The highest BCUT2D eigenvalue weighted by Crippen LogP contribution is 2.34. The Bertz CT molecular complexity index is 2040. The zero-order valence-corrected chi connectivity index (χ0v) is 29.4. The predicted octanol–water partition coefficient (Wildman–Crippen LogP) is 8.16. The highest BCUT2D eigenvalue weighted by molar-refractivity contribution is 7.89. The fraction of sp³-hybridized carbons (Fsp3) is 0.159. The molecule has 0 radical (unpaired) electrons. The Balaban J connectivity index is 1.47. The van der Waals surface area contributed by atoms with Crippen molar-refractivity contribution in [2.75, 3.05) is 6.61 Å². The summed E-state index contributed by atoms with van der Waals surface area (Å²) in [4.78, 5) is 14.6. The van der Waals surface area contributed by atoms with Crippen LogP contribution in [0.5, 0.6) is 0 Å². The maximum absolute atomic E-state index is 14.4. The van der Waals surface area contributed by atoms with E-state index in [0.717, 1.165) is 33.4 Å². The number of hydrogen-bond donors (Lipinski definition) is 2. The third-order valence-electron chi connectivity index (χ3n) is 9.11. The number of aryl methyl sites for hydroxylation is 1. The van der Waals surface area contributed by atoms with E-state index in [1.807, 2.05) is 159 Å². The topological polar surface area (TPSA) is 84.5 Å². The van der Waals surface area contributed by atoms with Crippen molar-refractivity contribution in [3.8, 4) is 0 Å². The third-order valence-corrected chi connectivity index (χ3v) is 10.6. The minimum atomic E-state index is -4.05. The second-order valence-electron chi connectivity index (χ2n) is 12.8. The van der Waals surface area contributed by atoms with E-state index >= 15 is 0 Å². The molecule has 258 valence electrons. The maximum Gasteiger partial charge on any atom is 0.317 e. The van der Waals surface area contributed by atoms with E-state index in [1.165, 1.54) is 0 Å². The molecule has 0 fully saturated rings. The van der Waals surface area contributed by atoms with Crippen LogP contribution in [-0.4, -0.2) is 26.5 Å². The lowest BCUT2D eigenvalue weighted by molar-refractivity contribution is -0.147. The first-order valence-electron chi connectivity index (χ1n) is 17.1. The largest absolute Gasteiger partial charge is 0.463 e. The van der Waals surface area contributed by atoms with Crippen molar-refractivity contribution < 1.29 is 17.9 Å². The zero-order chi connectivity index (χ0) is 35.5. The second kappa shape index (κ2) is 16.6. The van der Waals surface area contributed by atoms with Gasteiger partial charge in [0.2, 0.25) is 10.0 Å². The summed E-state index contributed by atoms with van der Waals surface area (Å²) < 4.78 is 38.1. The molecule has 6 aromatic rings. The monoisotopic (exact) mass is 694 g/mol. The molecule has 6 aromatic carbocycles. The molecule has 0 aromatic heterocycles. The molecule has 6 rings (SSSR count). The van der Waals surface area contributed by atoms with Crippen LogP contribution in [0.1, 0.15) is 45.3 Å². The maximum atomic E-state index is 14.4. The Morgan fingerprint density at radius 3 is 1.57 bits per heavy atom. The summed E-state index contributed by atoms with van der Waals surface area (Å²) in [7, 11) is -4.05. The van der Waals surface area contributed by atoms with Crippen molar-refractivity contribution in [2.45, 2.75) is 42.3 Å². The van der Waals surface area contributed by atoms with Gasteiger partial charge in [-0.2, -0.15) is 0 Å². The molecule has 2 unspecified atom stereocenters. The van der Waals surface area contributed by atoms with Gasteiger partial charge in [0.25, 0.3) is 0 Å². The van der Waals surface area contributed by atoms with Gasteiger partial charge in [-0.3, -0.25) is 4.79 Å². The molecular weight excluding hydrogens is 653 g/mol. The average Bonchev–Trinajstić information content (AvgIpc) is 3.17. The molecule has 7 heteroatoms. The van der Waals surface area contributed by atoms with Crippen LogP contribution < -0.4 is 10.0 Å². The molecule has 0 bridgehead atoms. The lowest BCUT2D eigenvalue weighted by Crippen LogP contribution is -2.60. The van der Waals surface area contributed by atoms with Gasteiger partial charge in [-0.15, -0.1) is 0 Å². The molecule has 0 heterocycles. The summed E-state index contributed by atoms with van der Waals surface area (Å²) in [5.41, 5.74) is 4.08. The molecule has 2 atom stereocenters. The van der Waals surface area contributed by atoms with Gasteiger partial charge in [-0.05, 0) is 53.3 Å². The minimum Gasteiger partial charge on any atom is -0.463 e. The fourth-order valence-corrected chi connectivity index (χ4v) is 7.71. The Hall–Kier alpha value is -5.34. The quantitative estimate of drug-likeness (QED) is 0.106. The van der Waals surface area contributed by atoms with Crippen molar-refractivity contribution in [1.29, 1.82) is 0 Å². The van der Waals surface area contributed by atoms with Crippen molar-refractivity contribution in [3.63, 3.8) is 0 Å². The number of esters is 1. The van der Waals surface area contributed by atoms with Gasteiger partial charge in [0.1, 0.15) is 12.5 Å². The van der Waals surface area contributed by atoms with Crippen LogP contribution in [0.25, 0.3) is 0 Å². The van der Waals surface area contributed by atoms with E-state index in [1.54, 1.807) is 24.3 Å². The van der Waals surface area contributed by atoms with E-state index in [-0.39, 0.29) is 11.5 Å². The fourth-order valence-electron chi connectivity index (χ4n) is 6.41. The first-order valence-corrected chi connectivity index (χ1v) is 18.5. The van der Waals surface area contributed by atoms with Gasteiger partial charge in [0.15, 0.2) is 0 Å². The SMILES string of the molecule is Cc1ccc(S(=O)(=O)NC(c2ccccc2)C(COC(=O)C(c2ccccc2)c2ccccc2)(Cc2ccccc2)NCc2ccccc2)cc1. The lowest BCUT2D eigenvalue weighted by atomic mass is 9.80. The molecule has 0 aliphatic carbocycles. The van der Waals surface area contributed by atoms with Crippen LogP contribution in [0.3, 0.4) is 0 Å². The van der Waals surface area contributed by atoms with E-state index in [0.29, 0.717) is 13.0 Å². The van der Waals surface area contributed by atoms with Crippen LogP contribution in [0, 0.1) is 6.92 Å². The van der Waals surface area contributed by atoms with Crippen LogP contribution in [0.2, 0.25) is 0 Å². The van der Waals surface area contributed by atoms with Crippen LogP contribution >= 0.6 is 0 Å². The highest BCUT2D eigenvalue weighted by Gasteiger charge is 2.44. The Morgan fingerprint density at radius 1 is 0.608 bits per heavy atom. The smallest absolute Gasteiger partial charge is 0.317 e. The molecule has 0 aliphatic rings. The Labute approximate surface area is 301 Å². The zero-order valence-electron chi connectivity index (χ0n) is 28.6. The number of ether oxygens (including phenoxy) is 1. The number of hydrogen-bond acceptors (Lipinski definition) is 5. The van der Waals surface area contributed by atoms with Crippen LogP contribution in [0.4, 0.5) is 0 Å². The summed E-state index contributed by atoms with van der Waals surface area (Å²) in [6.45, 7) is 2.17. The summed E-state index contributed by atoms with van der Waals surface area (Å²) in [5, 5.41) is 3.75. The summed E-state index contributed by atoms with van der Waals surface area (Å²) in [6, 6.07) is 54.4. The first kappa shape index (κ1) is 35.5. The molecular formula is C44H42N2O4S. The standard InChI is InChI=1S/C44H42N2O4S/c1-34-27-29-40(30-28-34)51(48,49)46-42(39-25-15-6-16-26-39)44(31-35-17-7-2-8-18-35,45-32-36-19-9-3-10-20-36)33-50-43(47)41(37-21-11-4-12-22-37)38-23-13-5-14-24-38/h2-30,41-42,45-46H,31-33H2,1H3. The lowest BCUT2D eigenvalue weighted by Gasteiger charge is -2.42. The number of benzene rings is 6. The number of nitrogens with one attached hydrogen (secondary N) is 2. The minimum absolute atomic E-state index is 0.139. The Kier molecular flexibility index (Phi) is 11.5. The van der Waals surface area contributed by atoms with Gasteiger partial charge in [0.05, 0.1) is 16.5 Å². The summed E-state index contributed by atoms with van der Waals surface area (Å²) >= 11 is 0.